The van der Waals surface area contributed by atoms with E-state index < -0.39 is 0 Å². The summed E-state index contributed by atoms with van der Waals surface area (Å²) < 4.78 is 5.72. The lowest BCUT2D eigenvalue weighted by Gasteiger charge is -2.14. The minimum Gasteiger partial charge on any atom is -0.444 e. The molecule has 1 heterocycles. The maximum atomic E-state index is 11.6. The van der Waals surface area contributed by atoms with Crippen LogP contribution in [0.2, 0.25) is 0 Å². The molecule has 1 aromatic heterocycles. The SMILES string of the molecule is CNCCN(C)C(=O)c1ccc(Br)o1. The molecule has 5 heteroatoms. The second kappa shape index (κ2) is 5.17. The van der Waals surface area contributed by atoms with Gasteiger partial charge in [0, 0.05) is 20.1 Å². The van der Waals surface area contributed by atoms with Crippen LogP contribution in [-0.2, 0) is 0 Å². The average molecular weight is 261 g/mol. The molecular weight excluding hydrogens is 248 g/mol. The molecule has 4 nitrogen and oxygen atoms in total. The molecular formula is C9H13BrN2O2. The molecule has 1 amide bonds. The summed E-state index contributed by atoms with van der Waals surface area (Å²) in [6.45, 7) is 1.43. The Kier molecular flexibility index (Phi) is 4.16. The van der Waals surface area contributed by atoms with Crippen molar-refractivity contribution in [2.75, 3.05) is 27.2 Å². The van der Waals surface area contributed by atoms with Crippen molar-refractivity contribution in [2.45, 2.75) is 0 Å². The van der Waals surface area contributed by atoms with Gasteiger partial charge in [0.05, 0.1) is 0 Å². The lowest BCUT2D eigenvalue weighted by Crippen LogP contribution is -2.32. The first kappa shape index (κ1) is 11.3. The number of rotatable bonds is 4. The molecule has 1 rings (SSSR count). The van der Waals surface area contributed by atoms with Gasteiger partial charge in [-0.25, -0.2) is 0 Å². The monoisotopic (exact) mass is 260 g/mol. The van der Waals surface area contributed by atoms with Crippen molar-refractivity contribution in [3.63, 3.8) is 0 Å². The molecule has 0 aliphatic rings. The highest BCUT2D eigenvalue weighted by Crippen LogP contribution is 2.15. The molecule has 0 saturated carbocycles. The van der Waals surface area contributed by atoms with Crippen molar-refractivity contribution in [2.24, 2.45) is 0 Å². The quantitative estimate of drug-likeness (QED) is 0.889. The second-order valence-corrected chi connectivity index (χ2v) is 3.72. The fraction of sp³-hybridized carbons (Fsp3) is 0.444. The third-order valence-corrected chi connectivity index (χ3v) is 2.25. The van der Waals surface area contributed by atoms with Gasteiger partial charge >= 0.3 is 0 Å². The number of nitrogens with one attached hydrogen (secondary N) is 1. The second-order valence-electron chi connectivity index (χ2n) is 2.93. The van der Waals surface area contributed by atoms with Crippen LogP contribution in [0.5, 0.6) is 0 Å². The van der Waals surface area contributed by atoms with Gasteiger partial charge in [0.25, 0.3) is 5.91 Å². The van der Waals surface area contributed by atoms with E-state index in [-0.39, 0.29) is 5.91 Å². The summed E-state index contributed by atoms with van der Waals surface area (Å²) in [5.74, 6) is 0.251. The van der Waals surface area contributed by atoms with Crippen molar-refractivity contribution in [1.29, 1.82) is 0 Å². The van der Waals surface area contributed by atoms with E-state index in [4.69, 9.17) is 4.42 Å². The molecule has 0 radical (unpaired) electrons. The van der Waals surface area contributed by atoms with E-state index in [0.29, 0.717) is 17.0 Å². The maximum absolute atomic E-state index is 11.6. The van der Waals surface area contributed by atoms with Crippen LogP contribution in [0.4, 0.5) is 0 Å². The zero-order valence-corrected chi connectivity index (χ0v) is 9.80. The van der Waals surface area contributed by atoms with Gasteiger partial charge in [-0.15, -0.1) is 0 Å². The highest BCUT2D eigenvalue weighted by atomic mass is 79.9. The lowest BCUT2D eigenvalue weighted by molar-refractivity contribution is 0.0764. The Balaban J connectivity index is 2.56. The van der Waals surface area contributed by atoms with Gasteiger partial charge in [0.2, 0.25) is 0 Å². The lowest BCUT2D eigenvalue weighted by atomic mass is 10.4. The molecule has 0 bridgehead atoms. The van der Waals surface area contributed by atoms with Crippen LogP contribution in [-0.4, -0.2) is 38.0 Å². The van der Waals surface area contributed by atoms with Crippen molar-refractivity contribution >= 4 is 21.8 Å². The first-order chi connectivity index (χ1) is 6.65. The fourth-order valence-corrected chi connectivity index (χ4v) is 1.30. The van der Waals surface area contributed by atoms with Crippen LogP contribution in [0.25, 0.3) is 0 Å². The van der Waals surface area contributed by atoms with Gasteiger partial charge in [-0.05, 0) is 35.1 Å². The zero-order chi connectivity index (χ0) is 10.6. The summed E-state index contributed by atoms with van der Waals surface area (Å²) in [6, 6.07) is 3.36. The largest absolute Gasteiger partial charge is 0.444 e. The van der Waals surface area contributed by atoms with Gasteiger partial charge in [-0.3, -0.25) is 4.79 Å². The molecule has 14 heavy (non-hydrogen) atoms. The van der Waals surface area contributed by atoms with Crippen molar-refractivity contribution in [3.05, 3.63) is 22.6 Å². The summed E-state index contributed by atoms with van der Waals surface area (Å²) >= 11 is 3.15. The van der Waals surface area contributed by atoms with Crippen LogP contribution in [0.1, 0.15) is 10.6 Å². The van der Waals surface area contributed by atoms with Crippen molar-refractivity contribution < 1.29 is 9.21 Å². The maximum Gasteiger partial charge on any atom is 0.289 e. The Morgan fingerprint density at radius 1 is 1.64 bits per heavy atom. The van der Waals surface area contributed by atoms with Crippen LogP contribution in [0.15, 0.2) is 21.2 Å². The van der Waals surface area contributed by atoms with Gasteiger partial charge in [-0.2, -0.15) is 0 Å². The summed E-state index contributed by atoms with van der Waals surface area (Å²) in [6.07, 6.45) is 0. The summed E-state index contributed by atoms with van der Waals surface area (Å²) in [4.78, 5) is 13.3. The molecule has 78 valence electrons. The van der Waals surface area contributed by atoms with E-state index in [9.17, 15) is 4.79 Å². The van der Waals surface area contributed by atoms with E-state index in [1.165, 1.54) is 0 Å². The van der Waals surface area contributed by atoms with Crippen LogP contribution >= 0.6 is 15.9 Å². The molecule has 0 aromatic carbocycles. The Morgan fingerprint density at radius 2 is 2.36 bits per heavy atom. The number of hydrogen-bond donors (Lipinski definition) is 1. The molecule has 1 aromatic rings. The van der Waals surface area contributed by atoms with Crippen LogP contribution in [0, 0.1) is 0 Å². The molecule has 0 spiro atoms. The molecule has 0 aliphatic carbocycles. The van der Waals surface area contributed by atoms with E-state index in [1.54, 1.807) is 24.1 Å². The number of amides is 1. The predicted octanol–water partition coefficient (Wildman–Crippen LogP) is 1.33. The minimum atomic E-state index is -0.106. The molecule has 0 fully saturated rings. The van der Waals surface area contributed by atoms with Crippen molar-refractivity contribution in [3.8, 4) is 0 Å². The molecule has 1 N–H and O–H groups in total. The highest BCUT2D eigenvalue weighted by molar-refractivity contribution is 9.10. The third-order valence-electron chi connectivity index (χ3n) is 1.83. The Morgan fingerprint density at radius 3 is 2.86 bits per heavy atom. The Bertz CT molecular complexity index is 312. The van der Waals surface area contributed by atoms with Crippen LogP contribution in [0.3, 0.4) is 0 Å². The first-order valence-electron chi connectivity index (χ1n) is 4.30. The van der Waals surface area contributed by atoms with Crippen molar-refractivity contribution in [1.82, 2.24) is 10.2 Å². The molecule has 0 atom stereocenters. The van der Waals surface area contributed by atoms with E-state index >= 15 is 0 Å². The average Bonchev–Trinajstić information content (AvgIpc) is 2.60. The number of likely N-dealkylation sites (N-methyl/N-ethyl adjacent to an activating group) is 2. The standard InChI is InChI=1S/C9H13BrN2O2/c1-11-5-6-12(2)9(13)7-3-4-8(10)14-7/h3-4,11H,5-6H2,1-2H3. The van der Waals surface area contributed by atoms with E-state index in [2.05, 4.69) is 21.2 Å². The number of halogens is 1. The highest BCUT2D eigenvalue weighted by Gasteiger charge is 2.14. The number of nitrogens with zero attached hydrogens (tertiary/aromatic N) is 1. The summed E-state index contributed by atoms with van der Waals surface area (Å²) in [7, 11) is 3.60. The minimum absolute atomic E-state index is 0.106. The third kappa shape index (κ3) is 2.85. The molecule has 0 saturated heterocycles. The Labute approximate surface area is 91.4 Å². The van der Waals surface area contributed by atoms with Crippen LogP contribution < -0.4 is 5.32 Å². The number of carbonyl (C=O) groups excluding carboxylic acids is 1. The van der Waals surface area contributed by atoms with Gasteiger partial charge < -0.3 is 14.6 Å². The number of carbonyl (C=O) groups is 1. The van der Waals surface area contributed by atoms with E-state index in [1.807, 2.05) is 7.05 Å². The predicted molar refractivity (Wildman–Crippen MR) is 57.3 cm³/mol. The fourth-order valence-electron chi connectivity index (χ4n) is 0.998. The van der Waals surface area contributed by atoms with Gasteiger partial charge in [0.15, 0.2) is 10.4 Å². The topological polar surface area (TPSA) is 45.5 Å². The molecule has 0 unspecified atom stereocenters. The summed E-state index contributed by atoms with van der Waals surface area (Å²) in [5, 5.41) is 2.98. The zero-order valence-electron chi connectivity index (χ0n) is 8.21. The summed E-state index contributed by atoms with van der Waals surface area (Å²) in [5.41, 5.74) is 0. The van der Waals surface area contributed by atoms with E-state index in [0.717, 1.165) is 6.54 Å². The first-order valence-corrected chi connectivity index (χ1v) is 5.10. The van der Waals surface area contributed by atoms with Gasteiger partial charge in [-0.1, -0.05) is 0 Å². The smallest absolute Gasteiger partial charge is 0.289 e. The Hall–Kier alpha value is -0.810. The number of hydrogen-bond acceptors (Lipinski definition) is 3. The molecule has 0 aliphatic heterocycles. The normalized spacial score (nSPS) is 10.2. The number of furan rings is 1. The van der Waals surface area contributed by atoms with Gasteiger partial charge in [0.1, 0.15) is 0 Å².